The Hall–Kier alpha value is 0.310. The zero-order valence-corrected chi connectivity index (χ0v) is 9.09. The average Bonchev–Trinajstić information content (AvgIpc) is 2.26. The van der Waals surface area contributed by atoms with Crippen LogP contribution < -0.4 is 0 Å². The van der Waals surface area contributed by atoms with E-state index in [0.717, 1.165) is 0 Å². The third-order valence-corrected chi connectivity index (χ3v) is 5.52. The van der Waals surface area contributed by atoms with E-state index in [9.17, 15) is 5.11 Å². The van der Waals surface area contributed by atoms with Gasteiger partial charge in [0.15, 0.2) is 0 Å². The first kappa shape index (κ1) is 8.89. The first-order chi connectivity index (χ1) is 5.41. The average molecular weight is 187 g/mol. The van der Waals surface area contributed by atoms with Crippen LogP contribution in [0.3, 0.4) is 0 Å². The molecular weight excluding hydrogens is 168 g/mol. The van der Waals surface area contributed by atoms with E-state index in [1.807, 2.05) is 0 Å². The maximum absolute atomic E-state index is 10.0. The molecule has 2 saturated carbocycles. The normalized spacial score (nSPS) is 56.2. The summed E-state index contributed by atoms with van der Waals surface area (Å²) in [5.41, 5.74) is 0.447. The van der Waals surface area contributed by atoms with Crippen molar-refractivity contribution in [3.8, 4) is 0 Å². The van der Waals surface area contributed by atoms with Gasteiger partial charge >= 0.3 is 0 Å². The molecule has 0 spiro atoms. The molecule has 0 aromatic rings. The Kier molecular flexibility index (Phi) is 1.64. The standard InChI is InChI=1S/C10H18OS/c1-9(2)6-4-5-10(9,3)8(11)7(6)12/h6-8,11-12H,4-5H2,1-3H3/p+1. The number of rotatable bonds is 0. The summed E-state index contributed by atoms with van der Waals surface area (Å²) in [4.78, 5) is 0. The van der Waals surface area contributed by atoms with Gasteiger partial charge in [-0.3, -0.25) is 0 Å². The van der Waals surface area contributed by atoms with Gasteiger partial charge in [-0.2, -0.15) is 0 Å². The van der Waals surface area contributed by atoms with Crippen LogP contribution in [-0.2, 0) is 12.6 Å². The number of aliphatic hydroxyl groups is 1. The van der Waals surface area contributed by atoms with Crippen molar-refractivity contribution in [2.45, 2.75) is 45.0 Å². The van der Waals surface area contributed by atoms with E-state index < -0.39 is 0 Å². The molecule has 0 aromatic carbocycles. The van der Waals surface area contributed by atoms with Crippen LogP contribution in [0.2, 0.25) is 0 Å². The number of aliphatic hydroxyl groups excluding tert-OH is 1. The van der Waals surface area contributed by atoms with Gasteiger partial charge in [0.2, 0.25) is 0 Å². The summed E-state index contributed by atoms with van der Waals surface area (Å²) < 4.78 is 0. The molecule has 4 unspecified atom stereocenters. The fraction of sp³-hybridized carbons (Fsp3) is 1.00. The van der Waals surface area contributed by atoms with Crippen molar-refractivity contribution in [2.24, 2.45) is 16.7 Å². The zero-order chi connectivity index (χ0) is 9.15. The first-order valence-corrected chi connectivity index (χ1v) is 5.38. The lowest BCUT2D eigenvalue weighted by atomic mass is 9.70. The third-order valence-electron chi connectivity index (χ3n) is 4.80. The molecule has 1 nitrogen and oxygen atoms in total. The van der Waals surface area contributed by atoms with Crippen molar-refractivity contribution in [1.82, 2.24) is 0 Å². The zero-order valence-electron chi connectivity index (χ0n) is 8.09. The van der Waals surface area contributed by atoms with Crippen LogP contribution in [0.5, 0.6) is 0 Å². The highest BCUT2D eigenvalue weighted by molar-refractivity contribution is 7.59. The van der Waals surface area contributed by atoms with Crippen molar-refractivity contribution in [1.29, 1.82) is 0 Å². The van der Waals surface area contributed by atoms with Gasteiger partial charge in [-0.05, 0) is 30.9 Å². The largest absolute Gasteiger partial charge is 0.387 e. The van der Waals surface area contributed by atoms with Crippen LogP contribution in [-0.4, -0.2) is 16.5 Å². The maximum atomic E-state index is 10.0. The number of hydrogen-bond donors (Lipinski definition) is 1. The second-order valence-corrected chi connectivity index (χ2v) is 5.92. The molecule has 12 heavy (non-hydrogen) atoms. The molecule has 0 amide bonds. The molecule has 1 N–H and O–H groups in total. The quantitative estimate of drug-likeness (QED) is 0.565. The molecular formula is C10H19OS+. The molecule has 0 heterocycles. The molecule has 2 aliphatic carbocycles. The Morgan fingerprint density at radius 3 is 2.17 bits per heavy atom. The number of hydrogen-bond acceptors (Lipinski definition) is 1. The fourth-order valence-electron chi connectivity index (χ4n) is 3.34. The van der Waals surface area contributed by atoms with Gasteiger partial charge < -0.3 is 5.11 Å². The molecule has 70 valence electrons. The van der Waals surface area contributed by atoms with Gasteiger partial charge in [0.25, 0.3) is 0 Å². The second kappa shape index (κ2) is 2.21. The Bertz CT molecular complexity index is 214. The minimum Gasteiger partial charge on any atom is -0.387 e. The molecule has 4 atom stereocenters. The maximum Gasteiger partial charge on any atom is 0.143 e. The van der Waals surface area contributed by atoms with Gasteiger partial charge in [0.05, 0.1) is 0 Å². The lowest BCUT2D eigenvalue weighted by molar-refractivity contribution is 0.0149. The topological polar surface area (TPSA) is 20.2 Å². The molecule has 0 aliphatic heterocycles. The summed E-state index contributed by atoms with van der Waals surface area (Å²) in [6.45, 7) is 6.83. The second-order valence-electron chi connectivity index (χ2n) is 5.25. The molecule has 0 aromatic heterocycles. The van der Waals surface area contributed by atoms with E-state index >= 15 is 0 Å². The lowest BCUT2D eigenvalue weighted by Gasteiger charge is -2.35. The summed E-state index contributed by atoms with van der Waals surface area (Å²) in [6, 6.07) is 0. The molecule has 0 radical (unpaired) electrons. The Morgan fingerprint density at radius 2 is 1.92 bits per heavy atom. The Balaban J connectivity index is 2.44. The van der Waals surface area contributed by atoms with E-state index in [-0.39, 0.29) is 11.5 Å². The minimum absolute atomic E-state index is 0.143. The van der Waals surface area contributed by atoms with Crippen LogP contribution in [0, 0.1) is 16.7 Å². The Labute approximate surface area is 80.0 Å². The van der Waals surface area contributed by atoms with Gasteiger partial charge in [-0.25, -0.2) is 0 Å². The minimum atomic E-state index is -0.150. The van der Waals surface area contributed by atoms with Gasteiger partial charge in [-0.15, -0.1) is 0 Å². The van der Waals surface area contributed by atoms with Crippen molar-refractivity contribution in [3.63, 3.8) is 0 Å². The predicted octanol–water partition coefficient (Wildman–Crippen LogP) is 1.18. The van der Waals surface area contributed by atoms with Crippen LogP contribution >= 0.6 is 0 Å². The van der Waals surface area contributed by atoms with E-state index in [4.69, 9.17) is 0 Å². The lowest BCUT2D eigenvalue weighted by Crippen LogP contribution is -2.38. The van der Waals surface area contributed by atoms with Crippen molar-refractivity contribution in [2.75, 3.05) is 0 Å². The summed E-state index contributed by atoms with van der Waals surface area (Å²) in [7, 11) is 0. The molecule has 2 fully saturated rings. The SMILES string of the molecule is CC1(C)C2CCC1(C)C(O)C2[SH2+]. The van der Waals surface area contributed by atoms with Gasteiger partial charge in [0.1, 0.15) is 11.4 Å². The summed E-state index contributed by atoms with van der Waals surface area (Å²) in [5.74, 6) is 0.661. The molecule has 2 aliphatic rings. The van der Waals surface area contributed by atoms with Crippen molar-refractivity contribution >= 4 is 12.6 Å². The summed E-state index contributed by atoms with van der Waals surface area (Å²) in [6.07, 6.45) is 2.31. The van der Waals surface area contributed by atoms with Gasteiger partial charge in [-0.1, -0.05) is 20.8 Å². The third kappa shape index (κ3) is 0.717. The van der Waals surface area contributed by atoms with Crippen LogP contribution in [0.25, 0.3) is 0 Å². The highest BCUT2D eigenvalue weighted by atomic mass is 32.1. The predicted molar refractivity (Wildman–Crippen MR) is 54.6 cm³/mol. The Morgan fingerprint density at radius 1 is 1.33 bits per heavy atom. The van der Waals surface area contributed by atoms with Crippen LogP contribution in [0.4, 0.5) is 0 Å². The van der Waals surface area contributed by atoms with Crippen molar-refractivity contribution < 1.29 is 5.11 Å². The molecule has 2 rings (SSSR count). The first-order valence-electron chi connectivity index (χ1n) is 4.80. The molecule has 0 saturated heterocycles. The van der Waals surface area contributed by atoms with Gasteiger partial charge in [0, 0.05) is 11.3 Å². The summed E-state index contributed by atoms with van der Waals surface area (Å²) in [5, 5.41) is 10.4. The molecule has 2 heteroatoms. The van der Waals surface area contributed by atoms with E-state index in [0.29, 0.717) is 16.6 Å². The van der Waals surface area contributed by atoms with Crippen molar-refractivity contribution in [3.05, 3.63) is 0 Å². The van der Waals surface area contributed by atoms with E-state index in [1.54, 1.807) is 0 Å². The van der Waals surface area contributed by atoms with Crippen LogP contribution in [0.15, 0.2) is 0 Å². The smallest absolute Gasteiger partial charge is 0.143 e. The monoisotopic (exact) mass is 187 g/mol. The molecule has 2 bridgehead atoms. The van der Waals surface area contributed by atoms with Crippen LogP contribution in [0.1, 0.15) is 33.6 Å². The fourth-order valence-corrected chi connectivity index (χ4v) is 4.29. The van der Waals surface area contributed by atoms with E-state index in [2.05, 4.69) is 33.4 Å². The van der Waals surface area contributed by atoms with E-state index in [1.165, 1.54) is 12.8 Å². The summed E-state index contributed by atoms with van der Waals surface area (Å²) >= 11 is 3.67. The number of fused-ring (bicyclic) bond motifs is 2. The highest BCUT2D eigenvalue weighted by Gasteiger charge is 2.67. The highest BCUT2D eigenvalue weighted by Crippen LogP contribution is 2.65.